The summed E-state index contributed by atoms with van der Waals surface area (Å²) in [6.45, 7) is 4.02. The molecule has 2 heterocycles. The molecule has 2 N–H and O–H groups in total. The van der Waals surface area contributed by atoms with Gasteiger partial charge in [0.1, 0.15) is 11.5 Å². The SMILES string of the molecule is CCC(Cc1ccccc1)c1cc(O)c(C(c2ccc(CNC(C)=O)s2)C2CC2)c(=O)o1. The number of benzene rings is 1. The molecule has 3 aromatic rings. The predicted molar refractivity (Wildman–Crippen MR) is 126 cm³/mol. The van der Waals surface area contributed by atoms with Crippen LogP contribution in [-0.2, 0) is 17.8 Å². The van der Waals surface area contributed by atoms with Gasteiger partial charge in [-0.05, 0) is 49.3 Å². The van der Waals surface area contributed by atoms with Gasteiger partial charge >= 0.3 is 5.63 Å². The van der Waals surface area contributed by atoms with Crippen LogP contribution in [0, 0.1) is 5.92 Å². The summed E-state index contributed by atoms with van der Waals surface area (Å²) in [5, 5.41) is 13.8. The number of hydrogen-bond acceptors (Lipinski definition) is 5. The van der Waals surface area contributed by atoms with Crippen molar-refractivity contribution >= 4 is 17.2 Å². The van der Waals surface area contributed by atoms with Crippen molar-refractivity contribution in [1.29, 1.82) is 0 Å². The summed E-state index contributed by atoms with van der Waals surface area (Å²) < 4.78 is 5.81. The average molecular weight is 452 g/mol. The van der Waals surface area contributed by atoms with Crippen molar-refractivity contribution in [3.8, 4) is 5.75 Å². The highest BCUT2D eigenvalue weighted by Gasteiger charge is 2.38. The van der Waals surface area contributed by atoms with Gasteiger partial charge < -0.3 is 14.8 Å². The van der Waals surface area contributed by atoms with E-state index in [0.717, 1.165) is 35.4 Å². The van der Waals surface area contributed by atoms with Gasteiger partial charge in [0.25, 0.3) is 0 Å². The van der Waals surface area contributed by atoms with E-state index in [2.05, 4.69) is 24.4 Å². The fourth-order valence-electron chi connectivity index (χ4n) is 4.25. The van der Waals surface area contributed by atoms with Crippen molar-refractivity contribution in [2.75, 3.05) is 0 Å². The Hall–Kier alpha value is -2.86. The topological polar surface area (TPSA) is 79.5 Å². The molecule has 0 bridgehead atoms. The van der Waals surface area contributed by atoms with Crippen molar-refractivity contribution in [1.82, 2.24) is 5.32 Å². The lowest BCUT2D eigenvalue weighted by Gasteiger charge is -2.18. The number of amides is 1. The minimum Gasteiger partial charge on any atom is -0.507 e. The van der Waals surface area contributed by atoms with Gasteiger partial charge in [-0.15, -0.1) is 11.3 Å². The lowest BCUT2D eigenvalue weighted by molar-refractivity contribution is -0.119. The van der Waals surface area contributed by atoms with Gasteiger partial charge in [0.15, 0.2) is 0 Å². The first-order valence-electron chi connectivity index (χ1n) is 11.2. The molecule has 32 heavy (non-hydrogen) atoms. The molecule has 1 aromatic carbocycles. The van der Waals surface area contributed by atoms with E-state index in [1.807, 2.05) is 30.3 Å². The number of thiophene rings is 1. The van der Waals surface area contributed by atoms with Crippen LogP contribution in [0.3, 0.4) is 0 Å². The summed E-state index contributed by atoms with van der Waals surface area (Å²) in [6, 6.07) is 15.7. The van der Waals surface area contributed by atoms with E-state index >= 15 is 0 Å². The lowest BCUT2D eigenvalue weighted by atomic mass is 9.90. The van der Waals surface area contributed by atoms with Gasteiger partial charge in [-0.25, -0.2) is 4.79 Å². The fourth-order valence-corrected chi connectivity index (χ4v) is 5.41. The molecule has 0 spiro atoms. The van der Waals surface area contributed by atoms with Crippen LogP contribution < -0.4 is 10.9 Å². The number of nitrogens with one attached hydrogen (secondary N) is 1. The second-order valence-electron chi connectivity index (χ2n) is 8.56. The Morgan fingerprint density at radius 2 is 1.97 bits per heavy atom. The fraction of sp³-hybridized carbons (Fsp3) is 0.385. The largest absolute Gasteiger partial charge is 0.507 e. The zero-order valence-corrected chi connectivity index (χ0v) is 19.3. The van der Waals surface area contributed by atoms with Gasteiger partial charge in [0, 0.05) is 34.6 Å². The smallest absolute Gasteiger partial charge is 0.343 e. The normalized spacial score (nSPS) is 15.3. The number of carbonyl (C=O) groups excluding carboxylic acids is 1. The molecule has 6 heteroatoms. The standard InChI is InChI=1S/C26H29NO4S/c1-3-18(13-17-7-5-4-6-8-17)22-14-21(29)25(26(30)31-22)24(19-9-10-19)23-12-11-20(32-23)15-27-16(2)28/h4-8,11-12,14,18-19,24,29H,3,9-10,13,15H2,1-2H3,(H,27,28). The van der Waals surface area contributed by atoms with Gasteiger partial charge in [0.05, 0.1) is 12.1 Å². The minimum atomic E-state index is -0.444. The molecule has 2 atom stereocenters. The Balaban J connectivity index is 1.62. The Bertz CT molecular complexity index is 1130. The van der Waals surface area contributed by atoms with Crippen LogP contribution >= 0.6 is 11.3 Å². The maximum absolute atomic E-state index is 13.1. The van der Waals surface area contributed by atoms with E-state index in [1.165, 1.54) is 12.5 Å². The Kier molecular flexibility index (Phi) is 6.80. The van der Waals surface area contributed by atoms with Crippen LogP contribution in [-0.4, -0.2) is 11.0 Å². The molecule has 1 amide bonds. The summed E-state index contributed by atoms with van der Waals surface area (Å²) in [4.78, 5) is 26.4. The van der Waals surface area contributed by atoms with Crippen molar-refractivity contribution in [2.45, 2.75) is 57.9 Å². The molecule has 168 valence electrons. The van der Waals surface area contributed by atoms with Gasteiger partial charge in [0.2, 0.25) is 5.91 Å². The van der Waals surface area contributed by atoms with Crippen LogP contribution in [0.5, 0.6) is 5.75 Å². The molecule has 1 saturated carbocycles. The van der Waals surface area contributed by atoms with E-state index in [1.54, 1.807) is 17.4 Å². The summed E-state index contributed by atoms with van der Waals surface area (Å²) in [5.74, 6) is 0.661. The molecule has 0 saturated heterocycles. The summed E-state index contributed by atoms with van der Waals surface area (Å²) in [5.41, 5.74) is 1.09. The van der Waals surface area contributed by atoms with Crippen molar-refractivity contribution in [3.05, 3.63) is 85.6 Å². The third-order valence-corrected chi connectivity index (χ3v) is 7.28. The summed E-state index contributed by atoms with van der Waals surface area (Å²) in [7, 11) is 0. The maximum atomic E-state index is 13.1. The number of carbonyl (C=O) groups is 1. The molecular formula is C26H29NO4S. The second-order valence-corrected chi connectivity index (χ2v) is 9.76. The highest BCUT2D eigenvalue weighted by molar-refractivity contribution is 7.12. The van der Waals surface area contributed by atoms with Gasteiger partial charge in [-0.3, -0.25) is 4.79 Å². The van der Waals surface area contributed by atoms with E-state index in [-0.39, 0.29) is 23.5 Å². The third-order valence-electron chi connectivity index (χ3n) is 6.11. The molecular weight excluding hydrogens is 422 g/mol. The van der Waals surface area contributed by atoms with Gasteiger partial charge in [-0.1, -0.05) is 37.3 Å². The van der Waals surface area contributed by atoms with E-state index < -0.39 is 5.63 Å². The Morgan fingerprint density at radius 3 is 2.59 bits per heavy atom. The zero-order valence-electron chi connectivity index (χ0n) is 18.5. The third kappa shape index (κ3) is 5.13. The summed E-state index contributed by atoms with van der Waals surface area (Å²) in [6.07, 6.45) is 3.61. The molecule has 1 fully saturated rings. The zero-order chi connectivity index (χ0) is 22.7. The number of rotatable bonds is 9. The molecule has 2 aromatic heterocycles. The Labute approximate surface area is 192 Å². The summed E-state index contributed by atoms with van der Waals surface area (Å²) >= 11 is 1.57. The van der Waals surface area contributed by atoms with Crippen LogP contribution in [0.25, 0.3) is 0 Å². The molecule has 0 radical (unpaired) electrons. The van der Waals surface area contributed by atoms with Crippen LogP contribution in [0.15, 0.2) is 57.7 Å². The van der Waals surface area contributed by atoms with Crippen molar-refractivity contribution < 1.29 is 14.3 Å². The van der Waals surface area contributed by atoms with Crippen LogP contribution in [0.2, 0.25) is 0 Å². The van der Waals surface area contributed by atoms with Crippen molar-refractivity contribution in [3.63, 3.8) is 0 Å². The second kappa shape index (κ2) is 9.74. The molecule has 5 nitrogen and oxygen atoms in total. The minimum absolute atomic E-state index is 0.0235. The Morgan fingerprint density at radius 1 is 1.22 bits per heavy atom. The maximum Gasteiger partial charge on any atom is 0.343 e. The average Bonchev–Trinajstić information content (AvgIpc) is 3.50. The molecule has 2 unspecified atom stereocenters. The highest BCUT2D eigenvalue weighted by Crippen LogP contribution is 2.49. The highest BCUT2D eigenvalue weighted by atomic mass is 32.1. The first kappa shape index (κ1) is 22.3. The van der Waals surface area contributed by atoms with E-state index in [9.17, 15) is 14.7 Å². The lowest BCUT2D eigenvalue weighted by Crippen LogP contribution is -2.18. The number of hydrogen-bond donors (Lipinski definition) is 2. The van der Waals surface area contributed by atoms with Crippen molar-refractivity contribution in [2.24, 2.45) is 5.92 Å². The molecule has 1 aliphatic carbocycles. The quantitative estimate of drug-likeness (QED) is 0.461. The van der Waals surface area contributed by atoms with Crippen LogP contribution in [0.4, 0.5) is 0 Å². The van der Waals surface area contributed by atoms with Crippen LogP contribution in [0.1, 0.15) is 71.6 Å². The molecule has 1 aliphatic rings. The van der Waals surface area contributed by atoms with E-state index in [4.69, 9.17) is 4.42 Å². The number of aromatic hydroxyl groups is 1. The van der Waals surface area contributed by atoms with Gasteiger partial charge in [-0.2, -0.15) is 0 Å². The molecule has 0 aliphatic heterocycles. The predicted octanol–water partition coefficient (Wildman–Crippen LogP) is 5.32. The first-order valence-corrected chi connectivity index (χ1v) is 12.0. The monoisotopic (exact) mass is 451 g/mol. The first-order chi connectivity index (χ1) is 15.5. The molecule has 4 rings (SSSR count). The van der Waals surface area contributed by atoms with E-state index in [0.29, 0.717) is 23.8 Å².